The van der Waals surface area contributed by atoms with Crippen molar-refractivity contribution < 1.29 is 28.7 Å². The Morgan fingerprint density at radius 3 is 2.10 bits per heavy atom. The maximum atomic E-state index is 13.4. The molecule has 10 nitrogen and oxygen atoms in total. The first-order valence-electron chi connectivity index (χ1n) is 17.8. The number of nitrogens with one attached hydrogen (secondary N) is 1. The number of esters is 1. The summed E-state index contributed by atoms with van der Waals surface area (Å²) < 4.78 is 13.4. The van der Waals surface area contributed by atoms with Crippen LogP contribution >= 0.6 is 0 Å². The molecule has 1 aliphatic heterocycles. The Balaban J connectivity index is 0.992. The van der Waals surface area contributed by atoms with Gasteiger partial charge in [0.25, 0.3) is 11.8 Å². The van der Waals surface area contributed by atoms with E-state index in [-0.39, 0.29) is 43.6 Å². The molecule has 10 heteroatoms. The maximum Gasteiger partial charge on any atom is 0.407 e. The second kappa shape index (κ2) is 14.8. The summed E-state index contributed by atoms with van der Waals surface area (Å²) in [6, 6.07) is 25.8. The van der Waals surface area contributed by atoms with E-state index in [0.29, 0.717) is 48.9 Å². The number of amides is 3. The first-order chi connectivity index (χ1) is 24.6. The molecule has 2 heterocycles. The highest BCUT2D eigenvalue weighted by atomic mass is 16.6. The van der Waals surface area contributed by atoms with Crippen molar-refractivity contribution in [1.82, 2.24) is 14.8 Å². The number of ether oxygens (including phenoxy) is 2. The zero-order valence-electron chi connectivity index (χ0n) is 30.0. The molecule has 6 rings (SSSR count). The van der Waals surface area contributed by atoms with Gasteiger partial charge in [0.05, 0.1) is 18.5 Å². The predicted molar refractivity (Wildman–Crippen MR) is 200 cm³/mol. The average molecular weight is 691 g/mol. The summed E-state index contributed by atoms with van der Waals surface area (Å²) in [5.41, 5.74) is 3.41. The van der Waals surface area contributed by atoms with Crippen molar-refractivity contribution in [3.8, 4) is 0 Å². The van der Waals surface area contributed by atoms with Gasteiger partial charge in [0.2, 0.25) is 0 Å². The van der Waals surface area contributed by atoms with Gasteiger partial charge < -0.3 is 24.3 Å². The number of aromatic nitrogens is 1. The van der Waals surface area contributed by atoms with Gasteiger partial charge in [0.15, 0.2) is 0 Å². The van der Waals surface area contributed by atoms with Gasteiger partial charge in [-0.25, -0.2) is 4.79 Å². The third-order valence-corrected chi connectivity index (χ3v) is 10.2. The van der Waals surface area contributed by atoms with Gasteiger partial charge in [0.1, 0.15) is 13.2 Å². The molecule has 4 aromatic carbocycles. The van der Waals surface area contributed by atoms with Gasteiger partial charge in [-0.2, -0.15) is 0 Å². The fourth-order valence-electron chi connectivity index (χ4n) is 7.35. The lowest BCUT2D eigenvalue weighted by Gasteiger charge is -2.30. The minimum atomic E-state index is -0.714. The summed E-state index contributed by atoms with van der Waals surface area (Å²) in [4.78, 5) is 55.3. The van der Waals surface area contributed by atoms with Crippen LogP contribution in [0, 0.1) is 5.41 Å². The minimum absolute atomic E-state index is 0.0288. The lowest BCUT2D eigenvalue weighted by molar-refractivity contribution is -0.156. The van der Waals surface area contributed by atoms with Crippen LogP contribution in [-0.2, 0) is 14.3 Å². The van der Waals surface area contributed by atoms with Crippen molar-refractivity contribution in [2.24, 2.45) is 5.41 Å². The summed E-state index contributed by atoms with van der Waals surface area (Å²) in [6.07, 6.45) is 1.28. The van der Waals surface area contributed by atoms with Crippen LogP contribution in [0.4, 0.5) is 10.5 Å². The van der Waals surface area contributed by atoms with Crippen LogP contribution in [0.2, 0.25) is 0 Å². The van der Waals surface area contributed by atoms with Crippen molar-refractivity contribution in [1.29, 1.82) is 0 Å². The largest absolute Gasteiger partial charge is 0.463 e. The second-order valence-corrected chi connectivity index (χ2v) is 13.6. The Morgan fingerprint density at radius 2 is 1.45 bits per heavy atom. The Kier molecular flexibility index (Phi) is 10.3. The van der Waals surface area contributed by atoms with Crippen LogP contribution < -0.4 is 10.2 Å². The summed E-state index contributed by atoms with van der Waals surface area (Å²) in [5.74, 6) is -0.852. The molecule has 5 aromatic rings. The number of alkyl carbamates (subject to hydrolysis) is 1. The van der Waals surface area contributed by atoms with Gasteiger partial charge in [0, 0.05) is 69.0 Å². The molecule has 3 amide bonds. The number of para-hydroxylation sites is 2. The molecule has 1 aromatic heterocycles. The Morgan fingerprint density at radius 1 is 0.824 bits per heavy atom. The van der Waals surface area contributed by atoms with E-state index in [1.54, 1.807) is 12.1 Å². The van der Waals surface area contributed by atoms with E-state index in [1.165, 1.54) is 15.7 Å². The van der Waals surface area contributed by atoms with E-state index in [1.807, 2.05) is 75.2 Å². The monoisotopic (exact) mass is 690 g/mol. The Bertz CT molecular complexity index is 2050. The van der Waals surface area contributed by atoms with E-state index in [9.17, 15) is 19.2 Å². The summed E-state index contributed by atoms with van der Waals surface area (Å²) in [5, 5.41) is 6.49. The predicted octanol–water partition coefficient (Wildman–Crippen LogP) is 7.73. The van der Waals surface area contributed by atoms with E-state index in [4.69, 9.17) is 9.47 Å². The number of nitrogens with zero attached hydrogens (tertiary/aromatic N) is 3. The van der Waals surface area contributed by atoms with Crippen molar-refractivity contribution in [2.45, 2.75) is 53.0 Å². The lowest BCUT2D eigenvalue weighted by atomic mass is 9.81. The van der Waals surface area contributed by atoms with Crippen LogP contribution in [-0.4, -0.2) is 73.2 Å². The normalized spacial score (nSPS) is 14.5. The number of likely N-dealkylation sites (N-methyl/N-ethyl adjacent to an activating group) is 1. The number of hydrogen-bond acceptors (Lipinski definition) is 7. The fourth-order valence-corrected chi connectivity index (χ4v) is 7.35. The van der Waals surface area contributed by atoms with Crippen LogP contribution in [0.15, 0.2) is 78.9 Å². The van der Waals surface area contributed by atoms with Crippen molar-refractivity contribution in [3.63, 3.8) is 0 Å². The number of imide groups is 1. The third-order valence-electron chi connectivity index (χ3n) is 10.2. The molecule has 0 spiro atoms. The van der Waals surface area contributed by atoms with E-state index >= 15 is 0 Å². The molecule has 2 atom stereocenters. The molecule has 0 radical (unpaired) electrons. The molecular weight excluding hydrogens is 644 g/mol. The number of carbonyl (C=O) groups excluding carboxylic acids is 4. The highest BCUT2D eigenvalue weighted by Crippen LogP contribution is 2.39. The van der Waals surface area contributed by atoms with Gasteiger partial charge in [-0.3, -0.25) is 19.3 Å². The number of rotatable bonds is 14. The van der Waals surface area contributed by atoms with E-state index < -0.39 is 11.5 Å². The molecule has 0 aliphatic carbocycles. The molecule has 51 heavy (non-hydrogen) atoms. The number of benzene rings is 4. The van der Waals surface area contributed by atoms with Gasteiger partial charge in [-0.05, 0) is 63.4 Å². The number of fused-ring (bicyclic) bond motifs is 3. The molecule has 1 N–H and O–H groups in total. The lowest BCUT2D eigenvalue weighted by Crippen LogP contribution is -2.40. The Hall–Kier alpha value is -5.38. The maximum absolute atomic E-state index is 13.4. The SMILES string of the molecule is CCCN1C(=O)c2cccc3c(N(C)CCOC(=O)NCCOC(=O)C(C)(CC)CC(C)n4c5ccccc5c5ccccc54)ccc(c23)C1=O. The number of anilines is 1. The second-order valence-electron chi connectivity index (χ2n) is 13.6. The molecule has 2 unspecified atom stereocenters. The summed E-state index contributed by atoms with van der Waals surface area (Å²) in [7, 11) is 1.87. The summed E-state index contributed by atoms with van der Waals surface area (Å²) >= 11 is 0. The topological polar surface area (TPSA) is 110 Å². The van der Waals surface area contributed by atoms with Crippen molar-refractivity contribution in [3.05, 3.63) is 90.0 Å². The molecule has 0 saturated heterocycles. The zero-order chi connectivity index (χ0) is 36.3. The molecular formula is C41H46N4O6. The first-order valence-corrected chi connectivity index (χ1v) is 17.8. The molecule has 0 bridgehead atoms. The quantitative estimate of drug-likeness (QED) is 0.0722. The van der Waals surface area contributed by atoms with Gasteiger partial charge in [-0.15, -0.1) is 0 Å². The molecule has 0 saturated carbocycles. The third kappa shape index (κ3) is 6.74. The van der Waals surface area contributed by atoms with Gasteiger partial charge >= 0.3 is 12.1 Å². The summed E-state index contributed by atoms with van der Waals surface area (Å²) in [6.45, 7) is 9.02. The van der Waals surface area contributed by atoms with E-state index in [0.717, 1.165) is 22.1 Å². The van der Waals surface area contributed by atoms with Crippen LogP contribution in [0.1, 0.15) is 73.7 Å². The fraction of sp³-hybridized carbons (Fsp3) is 0.366. The van der Waals surface area contributed by atoms with Crippen LogP contribution in [0.3, 0.4) is 0 Å². The van der Waals surface area contributed by atoms with Crippen molar-refractivity contribution in [2.75, 3.05) is 44.8 Å². The van der Waals surface area contributed by atoms with Crippen LogP contribution in [0.25, 0.3) is 32.6 Å². The standard InChI is InChI=1S/C41H46N4O6/c1-6-22-44-37(46)31-16-12-15-30-33(20-19-32(36(30)31)38(44)47)43(5)23-25-51-40(49)42-21-24-50-39(48)41(4,7-2)26-27(3)45-34-17-10-8-13-28(34)29-14-9-11-18-35(29)45/h8-20,27H,6-7,21-26H2,1-5H3,(H,42,49). The highest BCUT2D eigenvalue weighted by molar-refractivity contribution is 6.26. The first kappa shape index (κ1) is 35.4. The smallest absolute Gasteiger partial charge is 0.407 e. The molecule has 266 valence electrons. The number of hydrogen-bond donors (Lipinski definition) is 1. The van der Waals surface area contributed by atoms with E-state index in [2.05, 4.69) is 41.1 Å². The zero-order valence-corrected chi connectivity index (χ0v) is 30.0. The minimum Gasteiger partial charge on any atom is -0.463 e. The van der Waals surface area contributed by atoms with Crippen molar-refractivity contribution >= 4 is 62.1 Å². The average Bonchev–Trinajstić information content (AvgIpc) is 3.48. The molecule has 1 aliphatic rings. The molecule has 0 fully saturated rings. The van der Waals surface area contributed by atoms with Crippen LogP contribution in [0.5, 0.6) is 0 Å². The Labute approximate surface area is 298 Å². The van der Waals surface area contributed by atoms with Gasteiger partial charge in [-0.1, -0.05) is 62.4 Å². The highest BCUT2D eigenvalue weighted by Gasteiger charge is 2.36. The number of carbonyl (C=O) groups is 4.